The van der Waals surface area contributed by atoms with Crippen LogP contribution in [0.3, 0.4) is 0 Å². The molecule has 1 atom stereocenters. The van der Waals surface area contributed by atoms with Gasteiger partial charge in [-0.1, -0.05) is 35.8 Å². The molecule has 0 spiro atoms. The summed E-state index contributed by atoms with van der Waals surface area (Å²) in [6.07, 6.45) is 3.89. The average Bonchev–Trinajstić information content (AvgIpc) is 3.18. The third-order valence-electron chi connectivity index (χ3n) is 5.60. The summed E-state index contributed by atoms with van der Waals surface area (Å²) in [7, 11) is 1.67. The van der Waals surface area contributed by atoms with E-state index in [0.717, 1.165) is 24.2 Å². The van der Waals surface area contributed by atoms with Crippen LogP contribution in [0.1, 0.15) is 36.6 Å². The number of fused-ring (bicyclic) bond motifs is 1. The highest BCUT2D eigenvalue weighted by Gasteiger charge is 2.23. The molecule has 0 radical (unpaired) electrons. The molecule has 1 aromatic heterocycles. The van der Waals surface area contributed by atoms with Crippen molar-refractivity contribution in [1.82, 2.24) is 15.4 Å². The largest absolute Gasteiger partial charge is 0.497 e. The van der Waals surface area contributed by atoms with Gasteiger partial charge in [-0.2, -0.15) is 0 Å². The molecule has 1 aliphatic rings. The Labute approximate surface area is 170 Å². The van der Waals surface area contributed by atoms with E-state index < -0.39 is 0 Å². The summed E-state index contributed by atoms with van der Waals surface area (Å²) < 4.78 is 10.6. The predicted molar refractivity (Wildman–Crippen MR) is 112 cm³/mol. The van der Waals surface area contributed by atoms with Crippen LogP contribution in [-0.2, 0) is 11.2 Å². The molecule has 0 saturated carbocycles. The van der Waals surface area contributed by atoms with Gasteiger partial charge < -0.3 is 14.6 Å². The van der Waals surface area contributed by atoms with Crippen molar-refractivity contribution in [1.29, 1.82) is 0 Å². The first-order valence-corrected chi connectivity index (χ1v) is 10.2. The molecule has 29 heavy (non-hydrogen) atoms. The van der Waals surface area contributed by atoms with E-state index >= 15 is 0 Å². The van der Waals surface area contributed by atoms with Crippen LogP contribution in [0, 0.1) is 0 Å². The monoisotopic (exact) mass is 393 g/mol. The first-order chi connectivity index (χ1) is 14.2. The van der Waals surface area contributed by atoms with Crippen LogP contribution in [-0.4, -0.2) is 42.7 Å². The number of carbonyl (C=O) groups is 1. The Balaban J connectivity index is 1.44. The number of likely N-dealkylation sites (tertiary alicyclic amines) is 1. The Bertz CT molecular complexity index is 945. The zero-order chi connectivity index (χ0) is 20.1. The number of nitrogens with zero attached hydrogens (tertiary/aromatic N) is 2. The van der Waals surface area contributed by atoms with Crippen molar-refractivity contribution in [3.63, 3.8) is 0 Å². The minimum Gasteiger partial charge on any atom is -0.497 e. The number of aromatic nitrogens is 1. The number of carbonyl (C=O) groups excluding carboxylic acids is 1. The van der Waals surface area contributed by atoms with Crippen molar-refractivity contribution in [2.45, 2.75) is 31.7 Å². The molecule has 152 valence electrons. The lowest BCUT2D eigenvalue weighted by atomic mass is 10.0. The van der Waals surface area contributed by atoms with E-state index in [1.807, 2.05) is 36.4 Å². The van der Waals surface area contributed by atoms with Gasteiger partial charge in [0.25, 0.3) is 0 Å². The Morgan fingerprint density at radius 2 is 1.90 bits per heavy atom. The molecule has 6 nitrogen and oxygen atoms in total. The van der Waals surface area contributed by atoms with E-state index in [4.69, 9.17) is 9.26 Å². The van der Waals surface area contributed by atoms with Gasteiger partial charge in [0.1, 0.15) is 11.4 Å². The van der Waals surface area contributed by atoms with E-state index in [1.165, 1.54) is 24.8 Å². The molecular formula is C23H27N3O3. The molecule has 0 aliphatic carbocycles. The fourth-order valence-corrected chi connectivity index (χ4v) is 4.00. The molecular weight excluding hydrogens is 366 g/mol. The van der Waals surface area contributed by atoms with Gasteiger partial charge in [-0.25, -0.2) is 0 Å². The summed E-state index contributed by atoms with van der Waals surface area (Å²) in [5.74, 6) is 0.799. The van der Waals surface area contributed by atoms with Crippen LogP contribution in [0.4, 0.5) is 0 Å². The lowest BCUT2D eigenvalue weighted by molar-refractivity contribution is -0.120. The van der Waals surface area contributed by atoms with E-state index in [9.17, 15) is 4.79 Å². The summed E-state index contributed by atoms with van der Waals surface area (Å²) in [6, 6.07) is 15.9. The maximum atomic E-state index is 12.6. The molecule has 1 saturated heterocycles. The van der Waals surface area contributed by atoms with Gasteiger partial charge in [0.15, 0.2) is 5.58 Å². The number of rotatable bonds is 7. The molecule has 2 heterocycles. The number of ether oxygens (including phenoxy) is 1. The van der Waals surface area contributed by atoms with Gasteiger partial charge >= 0.3 is 0 Å². The molecule has 3 aromatic rings. The second-order valence-electron chi connectivity index (χ2n) is 7.49. The van der Waals surface area contributed by atoms with Gasteiger partial charge in [0, 0.05) is 11.9 Å². The fraction of sp³-hybridized carbons (Fsp3) is 0.391. The molecule has 1 fully saturated rings. The average molecular weight is 393 g/mol. The normalized spacial score (nSPS) is 15.9. The van der Waals surface area contributed by atoms with Crippen LogP contribution in [0.2, 0.25) is 0 Å². The lowest BCUT2D eigenvalue weighted by Gasteiger charge is -2.35. The van der Waals surface area contributed by atoms with E-state index in [0.29, 0.717) is 17.8 Å². The van der Waals surface area contributed by atoms with Crippen LogP contribution in [0.25, 0.3) is 11.0 Å². The minimum atomic E-state index is -0.0421. The number of benzene rings is 2. The number of nitrogens with one attached hydrogen (secondary N) is 1. The quantitative estimate of drug-likeness (QED) is 0.663. The molecule has 4 rings (SSSR count). The molecule has 2 aromatic carbocycles. The number of amides is 1. The summed E-state index contributed by atoms with van der Waals surface area (Å²) in [4.78, 5) is 15.1. The minimum absolute atomic E-state index is 0.0421. The Morgan fingerprint density at radius 3 is 2.66 bits per heavy atom. The summed E-state index contributed by atoms with van der Waals surface area (Å²) >= 11 is 0. The number of methoxy groups -OCH3 is 1. The topological polar surface area (TPSA) is 67.6 Å². The van der Waals surface area contributed by atoms with Crippen molar-refractivity contribution >= 4 is 16.9 Å². The van der Waals surface area contributed by atoms with Gasteiger partial charge in [0.05, 0.1) is 19.6 Å². The SMILES string of the molecule is COc1ccc(C(CNC(=O)Cc2noc3ccccc23)N2CCCCC2)cc1. The predicted octanol–water partition coefficient (Wildman–Crippen LogP) is 3.72. The third-order valence-corrected chi connectivity index (χ3v) is 5.60. The van der Waals surface area contributed by atoms with Gasteiger partial charge in [-0.15, -0.1) is 0 Å². The van der Waals surface area contributed by atoms with Crippen molar-refractivity contribution in [2.24, 2.45) is 0 Å². The fourth-order valence-electron chi connectivity index (χ4n) is 4.00. The Morgan fingerprint density at radius 1 is 1.14 bits per heavy atom. The van der Waals surface area contributed by atoms with E-state index in [2.05, 4.69) is 27.5 Å². The van der Waals surface area contributed by atoms with Crippen molar-refractivity contribution in [2.75, 3.05) is 26.7 Å². The van der Waals surface area contributed by atoms with Crippen LogP contribution in [0.15, 0.2) is 53.1 Å². The zero-order valence-electron chi connectivity index (χ0n) is 16.8. The van der Waals surface area contributed by atoms with Crippen LogP contribution >= 0.6 is 0 Å². The van der Waals surface area contributed by atoms with E-state index in [1.54, 1.807) is 7.11 Å². The summed E-state index contributed by atoms with van der Waals surface area (Å²) in [5, 5.41) is 8.08. The van der Waals surface area contributed by atoms with Crippen molar-refractivity contribution in [3.05, 3.63) is 59.8 Å². The van der Waals surface area contributed by atoms with Crippen LogP contribution < -0.4 is 10.1 Å². The molecule has 1 aliphatic heterocycles. The van der Waals surface area contributed by atoms with Crippen molar-refractivity contribution < 1.29 is 14.1 Å². The number of hydrogen-bond acceptors (Lipinski definition) is 5. The Kier molecular flexibility index (Phi) is 6.10. The molecule has 1 unspecified atom stereocenters. The first-order valence-electron chi connectivity index (χ1n) is 10.2. The maximum absolute atomic E-state index is 12.6. The number of para-hydroxylation sites is 1. The second kappa shape index (κ2) is 9.09. The highest BCUT2D eigenvalue weighted by molar-refractivity contribution is 5.86. The van der Waals surface area contributed by atoms with Crippen molar-refractivity contribution in [3.8, 4) is 5.75 Å². The third kappa shape index (κ3) is 4.59. The second-order valence-corrected chi connectivity index (χ2v) is 7.49. The zero-order valence-corrected chi connectivity index (χ0v) is 16.8. The van der Waals surface area contributed by atoms with Crippen LogP contribution in [0.5, 0.6) is 5.75 Å². The van der Waals surface area contributed by atoms with E-state index in [-0.39, 0.29) is 18.4 Å². The smallest absolute Gasteiger partial charge is 0.226 e. The highest BCUT2D eigenvalue weighted by Crippen LogP contribution is 2.26. The lowest BCUT2D eigenvalue weighted by Crippen LogP contribution is -2.41. The first kappa shape index (κ1) is 19.5. The number of hydrogen-bond donors (Lipinski definition) is 1. The van der Waals surface area contributed by atoms with Gasteiger partial charge in [-0.3, -0.25) is 9.69 Å². The Hall–Kier alpha value is -2.86. The standard InChI is InChI=1S/C23H27N3O3/c1-28-18-11-9-17(10-12-18)21(26-13-5-2-6-14-26)16-24-23(27)15-20-19-7-3-4-8-22(19)29-25-20/h3-4,7-12,21H,2,5-6,13-16H2,1H3,(H,24,27). The van der Waals surface area contributed by atoms with Gasteiger partial charge in [0.2, 0.25) is 5.91 Å². The summed E-state index contributed by atoms with van der Waals surface area (Å²) in [5.41, 5.74) is 2.58. The summed E-state index contributed by atoms with van der Waals surface area (Å²) in [6.45, 7) is 2.68. The molecule has 1 amide bonds. The number of piperidine rings is 1. The molecule has 6 heteroatoms. The highest BCUT2D eigenvalue weighted by atomic mass is 16.5. The maximum Gasteiger partial charge on any atom is 0.226 e. The molecule has 0 bridgehead atoms. The van der Waals surface area contributed by atoms with Gasteiger partial charge in [-0.05, 0) is 55.8 Å². The molecule has 1 N–H and O–H groups in total.